The molecular formula is C18H26ClN3O2. The molecule has 0 aliphatic heterocycles. The number of benzene rings is 1. The molecule has 2 aromatic rings. The molecule has 1 unspecified atom stereocenters. The van der Waals surface area contributed by atoms with Crippen molar-refractivity contribution in [2.45, 2.75) is 51.6 Å². The molecule has 0 fully saturated rings. The molecule has 3 N–H and O–H groups in total. The van der Waals surface area contributed by atoms with Gasteiger partial charge < -0.3 is 15.6 Å². The highest BCUT2D eigenvalue weighted by Gasteiger charge is 2.15. The van der Waals surface area contributed by atoms with Crippen molar-refractivity contribution in [2.24, 2.45) is 5.73 Å². The van der Waals surface area contributed by atoms with Gasteiger partial charge in [-0.3, -0.25) is 4.79 Å². The van der Waals surface area contributed by atoms with Crippen molar-refractivity contribution in [2.75, 3.05) is 0 Å². The van der Waals surface area contributed by atoms with Crippen molar-refractivity contribution in [3.05, 3.63) is 53.4 Å². The first kappa shape index (κ1) is 20.2. The molecule has 0 aliphatic rings. The third kappa shape index (κ3) is 5.65. The van der Waals surface area contributed by atoms with Crippen LogP contribution in [-0.2, 0) is 11.3 Å². The number of carbonyl (C=O) groups is 1. The van der Waals surface area contributed by atoms with E-state index in [1.54, 1.807) is 0 Å². The number of carbonyl (C=O) groups excluding carboxylic acids is 1. The van der Waals surface area contributed by atoms with E-state index in [1.807, 2.05) is 36.4 Å². The predicted molar refractivity (Wildman–Crippen MR) is 96.9 cm³/mol. The lowest BCUT2D eigenvalue weighted by Gasteiger charge is -2.11. The van der Waals surface area contributed by atoms with Crippen LogP contribution in [-0.4, -0.2) is 11.1 Å². The highest BCUT2D eigenvalue weighted by atomic mass is 35.5. The van der Waals surface area contributed by atoms with Crippen LogP contribution in [0.3, 0.4) is 0 Å². The maximum Gasteiger partial charge on any atom is 0.222 e. The summed E-state index contributed by atoms with van der Waals surface area (Å²) in [5.41, 5.74) is 7.96. The Balaban J connectivity index is 0.00000288. The van der Waals surface area contributed by atoms with Gasteiger partial charge in [-0.25, -0.2) is 0 Å². The minimum absolute atomic E-state index is 0. The second-order valence-electron chi connectivity index (χ2n) is 5.73. The van der Waals surface area contributed by atoms with E-state index in [2.05, 4.69) is 24.3 Å². The zero-order chi connectivity index (χ0) is 16.7. The Morgan fingerprint density at radius 2 is 1.92 bits per heavy atom. The van der Waals surface area contributed by atoms with Crippen LogP contribution in [0.4, 0.5) is 0 Å². The molecule has 1 aromatic heterocycles. The summed E-state index contributed by atoms with van der Waals surface area (Å²) in [6, 6.07) is 11.2. The average molecular weight is 352 g/mol. The Labute approximate surface area is 149 Å². The number of amides is 1. The van der Waals surface area contributed by atoms with Crippen molar-refractivity contribution < 1.29 is 9.32 Å². The van der Waals surface area contributed by atoms with Gasteiger partial charge in [-0.05, 0) is 18.4 Å². The number of nitrogens with zero attached hydrogens (tertiary/aromatic N) is 1. The number of rotatable bonds is 8. The fourth-order valence-corrected chi connectivity index (χ4v) is 2.59. The second kappa shape index (κ2) is 10.1. The van der Waals surface area contributed by atoms with Gasteiger partial charge in [0.05, 0.1) is 12.2 Å². The third-order valence-corrected chi connectivity index (χ3v) is 4.07. The van der Waals surface area contributed by atoms with Gasteiger partial charge in [-0.15, -0.1) is 12.4 Å². The topological polar surface area (TPSA) is 81.2 Å². The number of hydrogen-bond donors (Lipinski definition) is 2. The fourth-order valence-electron chi connectivity index (χ4n) is 2.59. The van der Waals surface area contributed by atoms with Crippen LogP contribution >= 0.6 is 12.4 Å². The van der Waals surface area contributed by atoms with Gasteiger partial charge >= 0.3 is 0 Å². The van der Waals surface area contributed by atoms with Gasteiger partial charge in [0, 0.05) is 24.4 Å². The van der Waals surface area contributed by atoms with Gasteiger partial charge in [0.25, 0.3) is 0 Å². The van der Waals surface area contributed by atoms with Gasteiger partial charge in [-0.1, -0.05) is 49.3 Å². The van der Waals surface area contributed by atoms with E-state index >= 15 is 0 Å². The summed E-state index contributed by atoms with van der Waals surface area (Å²) in [5.74, 6) is 0.991. The lowest BCUT2D eigenvalue weighted by atomic mass is 9.99. The largest absolute Gasteiger partial charge is 0.359 e. The maximum absolute atomic E-state index is 12.0. The standard InChI is InChI=1S/C18H25N3O2.ClH/c1-3-13(4-2)17-10-15(23-21-17)12-20-18(22)11-16(19)14-8-6-5-7-9-14;/h5-10,13,16H,3-4,11-12,19H2,1-2H3,(H,20,22);1H. The second-order valence-corrected chi connectivity index (χ2v) is 5.73. The first-order chi connectivity index (χ1) is 11.1. The number of aromatic nitrogens is 1. The summed E-state index contributed by atoms with van der Waals surface area (Å²) < 4.78 is 5.29. The molecule has 0 radical (unpaired) electrons. The molecule has 1 atom stereocenters. The first-order valence-electron chi connectivity index (χ1n) is 8.16. The Hall–Kier alpha value is -1.85. The minimum Gasteiger partial charge on any atom is -0.359 e. The maximum atomic E-state index is 12.0. The predicted octanol–water partition coefficient (Wildman–Crippen LogP) is 3.71. The van der Waals surface area contributed by atoms with E-state index in [0.29, 0.717) is 18.2 Å². The van der Waals surface area contributed by atoms with E-state index < -0.39 is 0 Å². The molecule has 5 nitrogen and oxygen atoms in total. The fraction of sp³-hybridized carbons (Fsp3) is 0.444. The molecule has 1 aromatic carbocycles. The highest BCUT2D eigenvalue weighted by molar-refractivity contribution is 5.85. The minimum atomic E-state index is -0.300. The molecule has 1 heterocycles. The summed E-state index contributed by atoms with van der Waals surface area (Å²) in [6.07, 6.45) is 2.30. The van der Waals surface area contributed by atoms with E-state index in [0.717, 1.165) is 24.1 Å². The molecule has 132 valence electrons. The lowest BCUT2D eigenvalue weighted by Crippen LogP contribution is -2.27. The van der Waals surface area contributed by atoms with Crippen molar-refractivity contribution >= 4 is 18.3 Å². The third-order valence-electron chi connectivity index (χ3n) is 4.07. The normalized spacial score (nSPS) is 11.8. The molecule has 0 aliphatic carbocycles. The van der Waals surface area contributed by atoms with Crippen molar-refractivity contribution in [3.8, 4) is 0 Å². The zero-order valence-corrected chi connectivity index (χ0v) is 15.0. The van der Waals surface area contributed by atoms with Gasteiger partial charge in [0.1, 0.15) is 0 Å². The lowest BCUT2D eigenvalue weighted by molar-refractivity contribution is -0.121. The molecule has 0 spiro atoms. The quantitative estimate of drug-likeness (QED) is 0.759. The van der Waals surface area contributed by atoms with Crippen LogP contribution in [0.15, 0.2) is 40.9 Å². The van der Waals surface area contributed by atoms with Crippen LogP contribution in [0.25, 0.3) is 0 Å². The molecule has 0 saturated carbocycles. The Bertz CT molecular complexity index is 612. The molecule has 2 rings (SSSR count). The van der Waals surface area contributed by atoms with Crippen molar-refractivity contribution in [3.63, 3.8) is 0 Å². The van der Waals surface area contributed by atoms with E-state index in [4.69, 9.17) is 10.3 Å². The summed E-state index contributed by atoms with van der Waals surface area (Å²) >= 11 is 0. The smallest absolute Gasteiger partial charge is 0.222 e. The summed E-state index contributed by atoms with van der Waals surface area (Å²) in [5, 5.41) is 6.93. The monoisotopic (exact) mass is 351 g/mol. The molecular weight excluding hydrogens is 326 g/mol. The number of nitrogens with two attached hydrogens (primary N) is 1. The number of halogens is 1. The van der Waals surface area contributed by atoms with Gasteiger partial charge in [-0.2, -0.15) is 0 Å². The average Bonchev–Trinajstić information content (AvgIpc) is 3.04. The molecule has 24 heavy (non-hydrogen) atoms. The summed E-state index contributed by atoms with van der Waals surface area (Å²) in [4.78, 5) is 12.0. The highest BCUT2D eigenvalue weighted by Crippen LogP contribution is 2.22. The summed E-state index contributed by atoms with van der Waals surface area (Å²) in [6.45, 7) is 4.61. The molecule has 0 bridgehead atoms. The van der Waals surface area contributed by atoms with Gasteiger partial charge in [0.2, 0.25) is 5.91 Å². The van der Waals surface area contributed by atoms with Crippen LogP contribution in [0.2, 0.25) is 0 Å². The van der Waals surface area contributed by atoms with Gasteiger partial charge in [0.15, 0.2) is 5.76 Å². The molecule has 0 saturated heterocycles. The van der Waals surface area contributed by atoms with E-state index in [-0.39, 0.29) is 30.8 Å². The van der Waals surface area contributed by atoms with Crippen LogP contribution < -0.4 is 11.1 Å². The van der Waals surface area contributed by atoms with Crippen LogP contribution in [0, 0.1) is 0 Å². The molecule has 1 amide bonds. The first-order valence-corrected chi connectivity index (χ1v) is 8.16. The Morgan fingerprint density at radius 3 is 2.54 bits per heavy atom. The number of hydrogen-bond acceptors (Lipinski definition) is 4. The van der Waals surface area contributed by atoms with Crippen molar-refractivity contribution in [1.82, 2.24) is 10.5 Å². The molecule has 6 heteroatoms. The SMILES string of the molecule is CCC(CC)c1cc(CNC(=O)CC(N)c2ccccc2)on1.Cl. The van der Waals surface area contributed by atoms with E-state index in [1.165, 1.54) is 0 Å². The zero-order valence-electron chi connectivity index (χ0n) is 14.2. The number of nitrogens with one attached hydrogen (secondary N) is 1. The van der Waals surface area contributed by atoms with Crippen molar-refractivity contribution in [1.29, 1.82) is 0 Å². The summed E-state index contributed by atoms with van der Waals surface area (Å²) in [7, 11) is 0. The van der Waals surface area contributed by atoms with Crippen LogP contribution in [0.5, 0.6) is 0 Å². The Kier molecular flexibility index (Phi) is 8.50. The van der Waals surface area contributed by atoms with Crippen LogP contribution in [0.1, 0.15) is 62.1 Å². The Morgan fingerprint density at radius 1 is 1.25 bits per heavy atom. The van der Waals surface area contributed by atoms with E-state index in [9.17, 15) is 4.79 Å².